The minimum Gasteiger partial charge on any atom is -0.455 e. The molecule has 2 heterocycles. The predicted molar refractivity (Wildman–Crippen MR) is 374 cm³/mol. The lowest BCUT2D eigenvalue weighted by atomic mass is 9.82. The molecule has 19 rings (SSSR count). The molecule has 0 saturated carbocycles. The van der Waals surface area contributed by atoms with Gasteiger partial charge in [0.25, 0.3) is 0 Å². The Kier molecular flexibility index (Phi) is 10.5. The van der Waals surface area contributed by atoms with Gasteiger partial charge >= 0.3 is 0 Å². The first-order valence-corrected chi connectivity index (χ1v) is 30.4. The second kappa shape index (κ2) is 19.0. The highest BCUT2D eigenvalue weighted by atomic mass is 16.3. The molecule has 0 amide bonds. The largest absolute Gasteiger partial charge is 0.455 e. The number of hydrogen-bond donors (Lipinski definition) is 0. The van der Waals surface area contributed by atoms with Crippen molar-refractivity contribution in [3.05, 3.63) is 303 Å². The van der Waals surface area contributed by atoms with Gasteiger partial charge in [0.1, 0.15) is 22.3 Å². The Bertz CT molecular complexity index is 5980. The Hall–Kier alpha value is -11.6. The molecule has 0 aliphatic carbocycles. The molecule has 2 nitrogen and oxygen atoms in total. The van der Waals surface area contributed by atoms with E-state index < -0.39 is 0 Å². The molecule has 17 aromatic carbocycles. The van der Waals surface area contributed by atoms with E-state index in [1.54, 1.807) is 0 Å². The zero-order valence-electron chi connectivity index (χ0n) is 47.7. The van der Waals surface area contributed by atoms with Gasteiger partial charge in [-0.3, -0.25) is 0 Å². The Morgan fingerprint density at radius 2 is 0.500 bits per heavy atom. The summed E-state index contributed by atoms with van der Waals surface area (Å²) in [5, 5.41) is 23.1. The van der Waals surface area contributed by atoms with E-state index in [1.165, 1.54) is 104 Å². The lowest BCUT2D eigenvalue weighted by Gasteiger charge is -2.20. The maximum absolute atomic E-state index is 7.63. The van der Waals surface area contributed by atoms with Crippen LogP contribution in [0.1, 0.15) is 0 Å². The van der Waals surface area contributed by atoms with Crippen molar-refractivity contribution in [2.45, 2.75) is 0 Å². The Balaban J connectivity index is 0.989. The number of hydrogen-bond acceptors (Lipinski definition) is 2. The average molecular weight is 1120 g/mol. The molecule has 19 aromatic rings. The normalized spacial score (nSPS) is 12.1. The molecule has 0 fully saturated rings. The molecule has 0 unspecified atom stereocenters. The van der Waals surface area contributed by atoms with E-state index in [0.29, 0.717) is 0 Å². The number of benzene rings is 17. The lowest BCUT2D eigenvalue weighted by molar-refractivity contribution is 0.670. The number of para-hydroxylation sites is 1. The topological polar surface area (TPSA) is 26.3 Å². The molecule has 2 aromatic heterocycles. The van der Waals surface area contributed by atoms with Gasteiger partial charge in [0.15, 0.2) is 0 Å². The summed E-state index contributed by atoms with van der Waals surface area (Å²) in [5.74, 6) is 0. The summed E-state index contributed by atoms with van der Waals surface area (Å²) in [6.45, 7) is 0. The van der Waals surface area contributed by atoms with Gasteiger partial charge < -0.3 is 8.83 Å². The minimum atomic E-state index is 0.821. The van der Waals surface area contributed by atoms with Crippen LogP contribution in [0.5, 0.6) is 0 Å². The highest BCUT2D eigenvalue weighted by Crippen LogP contribution is 2.55. The van der Waals surface area contributed by atoms with Crippen LogP contribution in [0.25, 0.3) is 197 Å². The van der Waals surface area contributed by atoms with E-state index in [9.17, 15) is 0 Å². The van der Waals surface area contributed by atoms with Gasteiger partial charge in [0.2, 0.25) is 0 Å². The third kappa shape index (κ3) is 7.00. The summed E-state index contributed by atoms with van der Waals surface area (Å²) in [4.78, 5) is 0. The van der Waals surface area contributed by atoms with Crippen LogP contribution in [0.3, 0.4) is 0 Å². The third-order valence-corrected chi connectivity index (χ3v) is 19.0. The first-order valence-electron chi connectivity index (χ1n) is 30.4. The molecule has 0 radical (unpaired) electrons. The van der Waals surface area contributed by atoms with Crippen molar-refractivity contribution in [1.82, 2.24) is 0 Å². The fraction of sp³-hybridized carbons (Fsp3) is 0. The number of rotatable bonds is 6. The standard InChI is InChI=1S/C86H50O2/c1-3-25-52(26-4-1)76-58-31-9-17-39-66(58)81(67-40-18-10-32-59(67)76)72-49-55-50-73(82-68-41-19-11-33-60(68)77(53-27-5-2-6-28-53)61-34-12-20-42-69(61)82)86-84(79(55)83-70-43-21-22-45-74(70)87-85(72)83)71-48-54(46-47-75(71)88-86)78-62-35-13-15-37-64(62)80(65-38-16-14-36-63(65)78)57-44-23-29-51-24-7-8-30-56(51)57/h1-50H. The van der Waals surface area contributed by atoms with Crippen molar-refractivity contribution in [1.29, 1.82) is 0 Å². The SMILES string of the molecule is c1ccc(-c2c3ccccc3c(-c3cc4cc(-c5c6ccccc6c(-c6ccccc6)c6ccccc56)c5oc6ccc(-c7c8ccccc8c(-c8cccc9ccccc89)c8ccccc78)cc6c5c4c4c3oc3ccccc34)c3ccccc23)cc1. The Morgan fingerprint density at radius 3 is 0.955 bits per heavy atom. The van der Waals surface area contributed by atoms with Crippen LogP contribution in [0, 0.1) is 0 Å². The van der Waals surface area contributed by atoms with Crippen molar-refractivity contribution in [3.63, 3.8) is 0 Å². The van der Waals surface area contributed by atoms with Gasteiger partial charge in [0, 0.05) is 49.2 Å². The smallest absolute Gasteiger partial charge is 0.143 e. The number of fused-ring (bicyclic) bond motifs is 16. The van der Waals surface area contributed by atoms with E-state index in [1.807, 2.05) is 0 Å². The summed E-state index contributed by atoms with van der Waals surface area (Å²) in [5.41, 5.74) is 17.3. The second-order valence-corrected chi connectivity index (χ2v) is 23.5. The quantitative estimate of drug-likeness (QED) is 0.155. The zero-order valence-corrected chi connectivity index (χ0v) is 47.7. The molecular formula is C86H50O2. The van der Waals surface area contributed by atoms with Crippen molar-refractivity contribution < 1.29 is 8.83 Å². The first-order chi connectivity index (χ1) is 43.7. The van der Waals surface area contributed by atoms with Crippen LogP contribution < -0.4 is 0 Å². The van der Waals surface area contributed by atoms with E-state index >= 15 is 0 Å². The monoisotopic (exact) mass is 1110 g/mol. The van der Waals surface area contributed by atoms with Crippen molar-refractivity contribution in [3.8, 4) is 66.8 Å². The van der Waals surface area contributed by atoms with E-state index in [0.717, 1.165) is 93.2 Å². The summed E-state index contributed by atoms with van der Waals surface area (Å²) in [7, 11) is 0. The van der Waals surface area contributed by atoms with E-state index in [2.05, 4.69) is 303 Å². The molecule has 0 aliphatic heterocycles. The average Bonchev–Trinajstić information content (AvgIpc) is 1.47. The van der Waals surface area contributed by atoms with Gasteiger partial charge in [-0.15, -0.1) is 0 Å². The second-order valence-electron chi connectivity index (χ2n) is 23.5. The van der Waals surface area contributed by atoms with Crippen LogP contribution >= 0.6 is 0 Å². The van der Waals surface area contributed by atoms with Gasteiger partial charge in [-0.05, 0) is 156 Å². The maximum Gasteiger partial charge on any atom is 0.143 e. The van der Waals surface area contributed by atoms with Gasteiger partial charge in [0.05, 0.1) is 0 Å². The highest BCUT2D eigenvalue weighted by Gasteiger charge is 2.29. The van der Waals surface area contributed by atoms with Crippen molar-refractivity contribution >= 4 is 130 Å². The third-order valence-electron chi connectivity index (χ3n) is 19.0. The molecule has 0 saturated heterocycles. The zero-order chi connectivity index (χ0) is 57.6. The molecule has 0 aliphatic rings. The van der Waals surface area contributed by atoms with E-state index in [4.69, 9.17) is 8.83 Å². The van der Waals surface area contributed by atoms with Crippen LogP contribution in [-0.4, -0.2) is 0 Å². The minimum absolute atomic E-state index is 0.821. The fourth-order valence-electron chi connectivity index (χ4n) is 15.4. The lowest BCUT2D eigenvalue weighted by Crippen LogP contribution is -1.93. The molecule has 88 heavy (non-hydrogen) atoms. The van der Waals surface area contributed by atoms with Gasteiger partial charge in [-0.2, -0.15) is 0 Å². The first kappa shape index (κ1) is 48.8. The summed E-state index contributed by atoms with van der Waals surface area (Å²) >= 11 is 0. The molecule has 406 valence electrons. The van der Waals surface area contributed by atoms with Crippen LogP contribution in [-0.2, 0) is 0 Å². The molecular weight excluding hydrogens is 1060 g/mol. The Morgan fingerprint density at radius 1 is 0.170 bits per heavy atom. The molecule has 2 heteroatoms. The van der Waals surface area contributed by atoms with Crippen LogP contribution in [0.15, 0.2) is 312 Å². The Labute approximate surface area is 506 Å². The molecule has 0 atom stereocenters. The summed E-state index contributed by atoms with van der Waals surface area (Å²) < 4.78 is 15.0. The summed E-state index contributed by atoms with van der Waals surface area (Å²) in [6, 6.07) is 112. The molecule has 0 bridgehead atoms. The molecule has 0 spiro atoms. The summed E-state index contributed by atoms with van der Waals surface area (Å²) in [6.07, 6.45) is 0. The van der Waals surface area contributed by atoms with Crippen LogP contribution in [0.2, 0.25) is 0 Å². The van der Waals surface area contributed by atoms with Gasteiger partial charge in [-0.25, -0.2) is 0 Å². The number of furan rings is 2. The fourth-order valence-corrected chi connectivity index (χ4v) is 15.4. The van der Waals surface area contributed by atoms with Crippen LogP contribution in [0.4, 0.5) is 0 Å². The van der Waals surface area contributed by atoms with Crippen molar-refractivity contribution in [2.75, 3.05) is 0 Å². The van der Waals surface area contributed by atoms with Crippen molar-refractivity contribution in [2.24, 2.45) is 0 Å². The van der Waals surface area contributed by atoms with Gasteiger partial charge in [-0.1, -0.05) is 273 Å². The highest BCUT2D eigenvalue weighted by molar-refractivity contribution is 6.38. The predicted octanol–water partition coefficient (Wildman–Crippen LogP) is 24.7. The molecule has 0 N–H and O–H groups in total. The maximum atomic E-state index is 7.63. The van der Waals surface area contributed by atoms with E-state index in [-0.39, 0.29) is 0 Å².